The number of benzene rings is 3. The third kappa shape index (κ3) is 4.44. The van der Waals surface area contributed by atoms with Crippen molar-refractivity contribution in [2.45, 2.75) is 26.3 Å². The van der Waals surface area contributed by atoms with Crippen molar-refractivity contribution in [3.05, 3.63) is 71.9 Å². The first-order chi connectivity index (χ1) is 17.1. The van der Waals surface area contributed by atoms with Crippen LogP contribution in [0, 0.1) is 0 Å². The molecule has 8 heteroatoms. The zero-order valence-corrected chi connectivity index (χ0v) is 20.4. The van der Waals surface area contributed by atoms with Gasteiger partial charge in [-0.15, -0.1) is 0 Å². The van der Waals surface area contributed by atoms with Crippen LogP contribution in [0.4, 0.5) is 5.69 Å². The topological polar surface area (TPSA) is 89.3 Å². The van der Waals surface area contributed by atoms with Gasteiger partial charge in [0.15, 0.2) is 0 Å². The Kier molecular flexibility index (Phi) is 6.37. The lowest BCUT2D eigenvalue weighted by Gasteiger charge is -2.10. The minimum absolute atomic E-state index is 0.257. The number of carbonyl (C=O) groups is 1. The molecule has 7 nitrogen and oxygen atoms in total. The van der Waals surface area contributed by atoms with Crippen molar-refractivity contribution >= 4 is 45.3 Å². The molecule has 2 heterocycles. The molecule has 0 bridgehead atoms. The van der Waals surface area contributed by atoms with Crippen LogP contribution in [0.2, 0.25) is 0 Å². The Hall–Kier alpha value is -3.91. The van der Waals surface area contributed by atoms with Gasteiger partial charge in [-0.25, -0.2) is 4.79 Å². The van der Waals surface area contributed by atoms with Crippen LogP contribution in [-0.2, 0) is 6.54 Å². The van der Waals surface area contributed by atoms with Gasteiger partial charge >= 0.3 is 5.97 Å². The molecule has 178 valence electrons. The van der Waals surface area contributed by atoms with Gasteiger partial charge in [0.1, 0.15) is 22.5 Å². The first kappa shape index (κ1) is 22.9. The summed E-state index contributed by atoms with van der Waals surface area (Å²) >= 11 is 1.17. The van der Waals surface area contributed by atoms with E-state index in [-0.39, 0.29) is 5.69 Å². The molecule has 0 atom stereocenters. The molecular formula is C27H26N4O3S. The van der Waals surface area contributed by atoms with Gasteiger partial charge in [-0.2, -0.15) is 8.75 Å². The molecule has 3 aromatic carbocycles. The van der Waals surface area contributed by atoms with Crippen molar-refractivity contribution in [3.8, 4) is 16.9 Å². The van der Waals surface area contributed by atoms with Gasteiger partial charge in [-0.05, 0) is 60.0 Å². The predicted molar refractivity (Wildman–Crippen MR) is 141 cm³/mol. The van der Waals surface area contributed by atoms with E-state index in [1.807, 2.05) is 59.2 Å². The summed E-state index contributed by atoms with van der Waals surface area (Å²) in [5.41, 5.74) is 6.26. The van der Waals surface area contributed by atoms with Crippen molar-refractivity contribution in [2.75, 3.05) is 19.0 Å². The number of methoxy groups -OCH3 is 1. The van der Waals surface area contributed by atoms with Gasteiger partial charge in [0.25, 0.3) is 0 Å². The van der Waals surface area contributed by atoms with Gasteiger partial charge in [0, 0.05) is 35.2 Å². The van der Waals surface area contributed by atoms with Crippen LogP contribution in [0.3, 0.4) is 0 Å². The highest BCUT2D eigenvalue weighted by molar-refractivity contribution is 7.00. The summed E-state index contributed by atoms with van der Waals surface area (Å²) < 4.78 is 15.8. The highest BCUT2D eigenvalue weighted by Gasteiger charge is 2.24. The van der Waals surface area contributed by atoms with Crippen LogP contribution >= 0.6 is 11.7 Å². The Morgan fingerprint density at radius 1 is 1.06 bits per heavy atom. The quantitative estimate of drug-likeness (QED) is 0.238. The van der Waals surface area contributed by atoms with Crippen molar-refractivity contribution < 1.29 is 14.6 Å². The molecule has 0 unspecified atom stereocenters. The van der Waals surface area contributed by atoms with Crippen LogP contribution in [-0.4, -0.2) is 38.0 Å². The fraction of sp³-hybridized carbons (Fsp3) is 0.222. The molecule has 0 saturated carbocycles. The minimum Gasteiger partial charge on any atom is -0.497 e. The Morgan fingerprint density at radius 3 is 2.60 bits per heavy atom. The second-order valence-corrected chi connectivity index (χ2v) is 8.97. The van der Waals surface area contributed by atoms with Gasteiger partial charge in [-0.3, -0.25) is 0 Å². The maximum Gasteiger partial charge on any atom is 0.353 e. The number of anilines is 1. The largest absolute Gasteiger partial charge is 0.497 e. The van der Waals surface area contributed by atoms with Crippen LogP contribution in [0.1, 0.15) is 35.8 Å². The fourth-order valence-electron chi connectivity index (χ4n) is 4.42. The molecule has 0 aliphatic carbocycles. The number of aromatic carboxylic acids is 1. The molecule has 0 spiro atoms. The standard InChI is InChI=1S/C27H26N4O3S/c1-3-4-13-28-19-8-12-24-21(15-19)25(18-6-9-20(34-2)10-7-18)26(27(32)33)31(24)16-17-5-11-22-23(14-17)30-35-29-22/h5-12,14-15,28H,3-4,13,16H2,1-2H3,(H,32,33). The number of unbranched alkanes of at least 4 members (excludes halogenated alkanes) is 1. The lowest BCUT2D eigenvalue weighted by molar-refractivity contribution is 0.0687. The predicted octanol–water partition coefficient (Wildman–Crippen LogP) is 6.28. The van der Waals surface area contributed by atoms with Crippen molar-refractivity contribution in [2.24, 2.45) is 0 Å². The van der Waals surface area contributed by atoms with Gasteiger partial charge < -0.3 is 19.7 Å². The maximum absolute atomic E-state index is 12.7. The Morgan fingerprint density at radius 2 is 1.86 bits per heavy atom. The molecule has 5 rings (SSSR count). The van der Waals surface area contributed by atoms with E-state index >= 15 is 0 Å². The third-order valence-electron chi connectivity index (χ3n) is 6.16. The summed E-state index contributed by atoms with van der Waals surface area (Å²) in [4.78, 5) is 12.7. The van der Waals surface area contributed by atoms with E-state index in [0.717, 1.165) is 63.9 Å². The number of nitrogens with one attached hydrogen (secondary N) is 1. The average molecular weight is 487 g/mol. The first-order valence-electron chi connectivity index (χ1n) is 11.6. The molecule has 5 aromatic rings. The van der Waals surface area contributed by atoms with Crippen molar-refractivity contribution in [1.29, 1.82) is 0 Å². The summed E-state index contributed by atoms with van der Waals surface area (Å²) in [6.45, 7) is 3.43. The molecule has 35 heavy (non-hydrogen) atoms. The molecule has 0 saturated heterocycles. The monoisotopic (exact) mass is 486 g/mol. The molecule has 0 aliphatic heterocycles. The number of ether oxygens (including phenoxy) is 1. The highest BCUT2D eigenvalue weighted by atomic mass is 32.1. The Bertz CT molecular complexity index is 1500. The minimum atomic E-state index is -0.969. The molecule has 2 N–H and O–H groups in total. The number of carboxylic acid groups (broad SMARTS) is 1. The number of nitrogens with zero attached hydrogens (tertiary/aromatic N) is 3. The molecule has 0 amide bonds. The second-order valence-electron chi connectivity index (χ2n) is 8.44. The van der Waals surface area contributed by atoms with Crippen molar-refractivity contribution in [1.82, 2.24) is 13.3 Å². The van der Waals surface area contributed by atoms with Gasteiger partial charge in [-0.1, -0.05) is 31.5 Å². The molecule has 0 aliphatic rings. The van der Waals surface area contributed by atoms with Crippen LogP contribution < -0.4 is 10.1 Å². The fourth-order valence-corrected chi connectivity index (χ4v) is 4.94. The summed E-state index contributed by atoms with van der Waals surface area (Å²) in [6.07, 6.45) is 2.17. The van der Waals surface area contributed by atoms with E-state index < -0.39 is 5.97 Å². The van der Waals surface area contributed by atoms with E-state index in [9.17, 15) is 9.90 Å². The van der Waals surface area contributed by atoms with E-state index in [4.69, 9.17) is 4.74 Å². The SMILES string of the molecule is CCCCNc1ccc2c(c1)c(-c1ccc(OC)cc1)c(C(=O)O)n2Cc1ccc2nsnc2c1. The summed E-state index contributed by atoms with van der Waals surface area (Å²) in [7, 11) is 1.62. The Balaban J connectivity index is 1.69. The number of aromatic nitrogens is 3. The summed E-state index contributed by atoms with van der Waals surface area (Å²) in [5.74, 6) is -0.245. The lowest BCUT2D eigenvalue weighted by Crippen LogP contribution is -2.10. The average Bonchev–Trinajstić information content (AvgIpc) is 3.46. The molecular weight excluding hydrogens is 460 g/mol. The van der Waals surface area contributed by atoms with E-state index in [1.54, 1.807) is 7.11 Å². The molecule has 0 radical (unpaired) electrons. The molecule has 0 fully saturated rings. The summed E-state index contributed by atoms with van der Waals surface area (Å²) in [5, 5.41) is 14.7. The van der Waals surface area contributed by atoms with Crippen LogP contribution in [0.5, 0.6) is 5.75 Å². The maximum atomic E-state index is 12.7. The third-order valence-corrected chi connectivity index (χ3v) is 6.72. The number of rotatable bonds is 9. The number of hydrogen-bond acceptors (Lipinski definition) is 6. The molecule has 2 aromatic heterocycles. The highest BCUT2D eigenvalue weighted by Crippen LogP contribution is 2.38. The smallest absolute Gasteiger partial charge is 0.353 e. The van der Waals surface area contributed by atoms with Gasteiger partial charge in [0.2, 0.25) is 0 Å². The van der Waals surface area contributed by atoms with Crippen molar-refractivity contribution in [3.63, 3.8) is 0 Å². The zero-order chi connectivity index (χ0) is 24.4. The van der Waals surface area contributed by atoms with E-state index in [1.165, 1.54) is 11.7 Å². The normalized spacial score (nSPS) is 11.3. The first-order valence-corrected chi connectivity index (χ1v) is 12.3. The zero-order valence-electron chi connectivity index (χ0n) is 19.6. The number of fused-ring (bicyclic) bond motifs is 2. The van der Waals surface area contributed by atoms with E-state index in [0.29, 0.717) is 12.1 Å². The van der Waals surface area contributed by atoms with Crippen LogP contribution in [0.25, 0.3) is 33.1 Å². The summed E-state index contributed by atoms with van der Waals surface area (Å²) in [6, 6.07) is 19.5. The van der Waals surface area contributed by atoms with Gasteiger partial charge in [0.05, 0.1) is 18.8 Å². The van der Waals surface area contributed by atoms with Crippen LogP contribution in [0.15, 0.2) is 60.7 Å². The second kappa shape index (κ2) is 9.76. The Labute approximate surface area is 207 Å². The number of carboxylic acids is 1. The van der Waals surface area contributed by atoms with E-state index in [2.05, 4.69) is 27.1 Å². The number of hydrogen-bond donors (Lipinski definition) is 2. The lowest BCUT2D eigenvalue weighted by atomic mass is 10.0.